The number of hydrogen-bond donors (Lipinski definition) is 0. The summed E-state index contributed by atoms with van der Waals surface area (Å²) < 4.78 is 16.6. The van der Waals surface area contributed by atoms with Gasteiger partial charge >= 0.3 is 17.9 Å². The Morgan fingerprint density at radius 1 is 0.380 bits per heavy atom. The maximum atomic E-state index is 12.6. The Balaban J connectivity index is 4.30. The van der Waals surface area contributed by atoms with E-state index >= 15 is 0 Å². The topological polar surface area (TPSA) is 78.9 Å². The van der Waals surface area contributed by atoms with E-state index in [1.807, 2.05) is 0 Å². The molecule has 0 aliphatic carbocycles. The number of esters is 3. The van der Waals surface area contributed by atoms with Gasteiger partial charge in [-0.3, -0.25) is 14.4 Å². The van der Waals surface area contributed by atoms with E-state index < -0.39 is 6.10 Å². The van der Waals surface area contributed by atoms with E-state index in [2.05, 4.69) is 34.6 Å². The second-order valence-electron chi connectivity index (χ2n) is 15.9. The van der Waals surface area contributed by atoms with Crippen LogP contribution in [0.25, 0.3) is 0 Å². The van der Waals surface area contributed by atoms with Gasteiger partial charge < -0.3 is 14.2 Å². The highest BCUT2D eigenvalue weighted by Gasteiger charge is 2.19. The van der Waals surface area contributed by atoms with Gasteiger partial charge in [-0.15, -0.1) is 0 Å². The molecule has 0 aliphatic rings. The van der Waals surface area contributed by atoms with Gasteiger partial charge in [-0.1, -0.05) is 195 Å². The summed E-state index contributed by atoms with van der Waals surface area (Å²) in [5, 5.41) is 0. The molecular weight excluding hydrogens is 624 g/mol. The van der Waals surface area contributed by atoms with Gasteiger partial charge in [0.2, 0.25) is 0 Å². The number of ether oxygens (including phenoxy) is 3. The fourth-order valence-electron chi connectivity index (χ4n) is 6.40. The predicted octanol–water partition coefficient (Wildman–Crippen LogP) is 13.4. The third kappa shape index (κ3) is 37.7. The van der Waals surface area contributed by atoms with Crippen molar-refractivity contribution in [2.24, 2.45) is 11.8 Å². The van der Waals surface area contributed by atoms with Crippen LogP contribution < -0.4 is 0 Å². The van der Waals surface area contributed by atoms with Gasteiger partial charge in [0.1, 0.15) is 13.2 Å². The molecule has 0 bridgehead atoms. The van der Waals surface area contributed by atoms with Crippen LogP contribution in [-0.4, -0.2) is 37.2 Å². The van der Waals surface area contributed by atoms with E-state index in [4.69, 9.17) is 14.2 Å². The van der Waals surface area contributed by atoms with Crippen molar-refractivity contribution in [2.45, 2.75) is 240 Å². The molecule has 0 aromatic rings. The first-order chi connectivity index (χ1) is 24.2. The van der Waals surface area contributed by atoms with Crippen molar-refractivity contribution >= 4 is 17.9 Å². The van der Waals surface area contributed by atoms with Gasteiger partial charge in [0.15, 0.2) is 6.10 Å². The first kappa shape index (κ1) is 48.4. The Morgan fingerprint density at radius 3 is 0.980 bits per heavy atom. The molecule has 0 rings (SSSR count). The lowest BCUT2D eigenvalue weighted by Gasteiger charge is -2.18. The largest absolute Gasteiger partial charge is 0.462 e. The summed E-state index contributed by atoms with van der Waals surface area (Å²) >= 11 is 0. The zero-order valence-corrected chi connectivity index (χ0v) is 34.0. The number of carbonyl (C=O) groups is 3. The lowest BCUT2D eigenvalue weighted by Crippen LogP contribution is -2.30. The van der Waals surface area contributed by atoms with Crippen molar-refractivity contribution in [3.05, 3.63) is 0 Å². The minimum absolute atomic E-state index is 0.0668. The molecule has 0 aromatic carbocycles. The number of unbranched alkanes of at least 4 members (excludes halogenated alkanes) is 23. The quantitative estimate of drug-likeness (QED) is 0.0361. The molecule has 296 valence electrons. The minimum Gasteiger partial charge on any atom is -0.462 e. The van der Waals surface area contributed by atoms with Crippen LogP contribution in [0.5, 0.6) is 0 Å². The SMILES string of the molecule is CCCCCCCCCCCCCCCCC(=O)OC[C@H](COC(=O)CCCCCCCCC(C)C)OC(=O)CCCCCCCCC(C)C. The third-order valence-corrected chi connectivity index (χ3v) is 9.72. The van der Waals surface area contributed by atoms with Gasteiger partial charge in [-0.25, -0.2) is 0 Å². The van der Waals surface area contributed by atoms with Gasteiger partial charge in [0, 0.05) is 19.3 Å². The standard InChI is InChI=1S/C44H84O6/c1-6-7-8-9-10-11-12-13-14-15-16-17-24-29-34-42(45)48-37-41(50-44(47)36-31-26-21-19-23-28-33-40(4)5)38-49-43(46)35-30-25-20-18-22-27-32-39(2)3/h39-41H,6-38H2,1-5H3/t41-/m1/s1. The zero-order valence-electron chi connectivity index (χ0n) is 34.0. The number of carbonyl (C=O) groups excluding carboxylic acids is 3. The summed E-state index contributed by atoms with van der Waals surface area (Å²) in [6.07, 6.45) is 34.0. The van der Waals surface area contributed by atoms with Crippen LogP contribution in [-0.2, 0) is 28.6 Å². The molecule has 0 aromatic heterocycles. The van der Waals surface area contributed by atoms with Crippen molar-refractivity contribution in [1.82, 2.24) is 0 Å². The molecule has 6 heteroatoms. The molecule has 0 saturated carbocycles. The molecule has 50 heavy (non-hydrogen) atoms. The van der Waals surface area contributed by atoms with E-state index in [0.29, 0.717) is 19.3 Å². The highest BCUT2D eigenvalue weighted by molar-refractivity contribution is 5.71. The van der Waals surface area contributed by atoms with E-state index in [1.54, 1.807) is 0 Å². The number of rotatable bonds is 38. The second kappa shape index (κ2) is 37.2. The zero-order chi connectivity index (χ0) is 36.9. The minimum atomic E-state index is -0.760. The molecule has 0 amide bonds. The molecule has 0 spiro atoms. The van der Waals surface area contributed by atoms with Gasteiger partial charge in [-0.05, 0) is 31.1 Å². The van der Waals surface area contributed by atoms with Crippen molar-refractivity contribution in [3.8, 4) is 0 Å². The van der Waals surface area contributed by atoms with Gasteiger partial charge in [0.05, 0.1) is 0 Å². The first-order valence-electron chi connectivity index (χ1n) is 21.7. The molecule has 1 atom stereocenters. The van der Waals surface area contributed by atoms with E-state index in [-0.39, 0.29) is 31.1 Å². The van der Waals surface area contributed by atoms with Crippen LogP contribution >= 0.6 is 0 Å². The monoisotopic (exact) mass is 709 g/mol. The molecule has 0 N–H and O–H groups in total. The van der Waals surface area contributed by atoms with Crippen LogP contribution in [0.2, 0.25) is 0 Å². The average molecular weight is 709 g/mol. The third-order valence-electron chi connectivity index (χ3n) is 9.72. The molecular formula is C44H84O6. The van der Waals surface area contributed by atoms with Crippen LogP contribution in [0.15, 0.2) is 0 Å². The molecule has 0 unspecified atom stereocenters. The second-order valence-corrected chi connectivity index (χ2v) is 15.9. The normalized spacial score (nSPS) is 12.1. The van der Waals surface area contributed by atoms with Crippen molar-refractivity contribution in [2.75, 3.05) is 13.2 Å². The summed E-state index contributed by atoms with van der Waals surface area (Å²) in [7, 11) is 0. The molecule has 0 radical (unpaired) electrons. The molecule has 0 saturated heterocycles. The molecule has 0 aliphatic heterocycles. The van der Waals surface area contributed by atoms with Gasteiger partial charge in [-0.2, -0.15) is 0 Å². The maximum absolute atomic E-state index is 12.6. The number of hydrogen-bond acceptors (Lipinski definition) is 6. The van der Waals surface area contributed by atoms with Crippen molar-refractivity contribution in [3.63, 3.8) is 0 Å². The lowest BCUT2D eigenvalue weighted by atomic mass is 10.0. The molecule has 0 fully saturated rings. The van der Waals surface area contributed by atoms with E-state index in [9.17, 15) is 14.4 Å². The van der Waals surface area contributed by atoms with Gasteiger partial charge in [0.25, 0.3) is 0 Å². The first-order valence-corrected chi connectivity index (χ1v) is 21.7. The van der Waals surface area contributed by atoms with Crippen LogP contribution in [0.3, 0.4) is 0 Å². The predicted molar refractivity (Wildman–Crippen MR) is 210 cm³/mol. The van der Waals surface area contributed by atoms with E-state index in [0.717, 1.165) is 69.6 Å². The molecule has 0 heterocycles. The van der Waals surface area contributed by atoms with E-state index in [1.165, 1.54) is 122 Å². The lowest BCUT2D eigenvalue weighted by molar-refractivity contribution is -0.167. The summed E-state index contributed by atoms with van der Waals surface area (Å²) in [6.45, 7) is 11.2. The smallest absolute Gasteiger partial charge is 0.306 e. The summed E-state index contributed by atoms with van der Waals surface area (Å²) in [6, 6.07) is 0. The maximum Gasteiger partial charge on any atom is 0.306 e. The van der Waals surface area contributed by atoms with Crippen LogP contribution in [0, 0.1) is 11.8 Å². The Hall–Kier alpha value is -1.59. The summed E-state index contributed by atoms with van der Waals surface area (Å²) in [4.78, 5) is 37.5. The Labute approximate surface area is 310 Å². The fourth-order valence-corrected chi connectivity index (χ4v) is 6.40. The summed E-state index contributed by atoms with van der Waals surface area (Å²) in [5.74, 6) is 0.653. The Kier molecular flexibility index (Phi) is 36.0. The average Bonchev–Trinajstić information content (AvgIpc) is 3.08. The Morgan fingerprint density at radius 2 is 0.660 bits per heavy atom. The summed E-state index contributed by atoms with van der Waals surface area (Å²) in [5.41, 5.74) is 0. The highest BCUT2D eigenvalue weighted by atomic mass is 16.6. The van der Waals surface area contributed by atoms with Crippen molar-refractivity contribution in [1.29, 1.82) is 0 Å². The van der Waals surface area contributed by atoms with Crippen LogP contribution in [0.1, 0.15) is 234 Å². The van der Waals surface area contributed by atoms with Crippen molar-refractivity contribution < 1.29 is 28.6 Å². The fraction of sp³-hybridized carbons (Fsp3) is 0.932. The molecule has 6 nitrogen and oxygen atoms in total. The Bertz CT molecular complexity index is 764. The highest BCUT2D eigenvalue weighted by Crippen LogP contribution is 2.16. The van der Waals surface area contributed by atoms with Crippen LogP contribution in [0.4, 0.5) is 0 Å².